The SMILES string of the molecule is CCOc1ccc(CCCNC(=O)[C@H](CC)Oc2cccc(C)c2)cc1OC. The van der Waals surface area contributed by atoms with Crippen LogP contribution in [0.3, 0.4) is 0 Å². The van der Waals surface area contributed by atoms with Crippen molar-refractivity contribution in [3.05, 3.63) is 53.6 Å². The Bertz CT molecular complexity index is 760. The van der Waals surface area contributed by atoms with E-state index in [0.29, 0.717) is 19.6 Å². The summed E-state index contributed by atoms with van der Waals surface area (Å²) in [6, 6.07) is 13.7. The minimum absolute atomic E-state index is 0.0757. The molecule has 0 aliphatic carbocycles. The summed E-state index contributed by atoms with van der Waals surface area (Å²) in [6.07, 6.45) is 1.82. The lowest BCUT2D eigenvalue weighted by molar-refractivity contribution is -0.128. The van der Waals surface area contributed by atoms with Crippen molar-refractivity contribution in [3.63, 3.8) is 0 Å². The molecule has 5 nitrogen and oxygen atoms in total. The molecule has 2 rings (SSSR count). The summed E-state index contributed by atoms with van der Waals surface area (Å²) >= 11 is 0. The van der Waals surface area contributed by atoms with Gasteiger partial charge in [-0.15, -0.1) is 0 Å². The van der Waals surface area contributed by atoms with E-state index in [2.05, 4.69) is 5.32 Å². The van der Waals surface area contributed by atoms with Crippen LogP contribution in [0.5, 0.6) is 17.2 Å². The predicted octanol–water partition coefficient (Wildman–Crippen LogP) is 4.31. The van der Waals surface area contributed by atoms with Crippen LogP contribution in [0.1, 0.15) is 37.8 Å². The van der Waals surface area contributed by atoms with Crippen molar-refractivity contribution in [2.45, 2.75) is 46.1 Å². The van der Waals surface area contributed by atoms with Gasteiger partial charge >= 0.3 is 0 Å². The maximum absolute atomic E-state index is 12.4. The molecular formula is C23H31NO4. The average Bonchev–Trinajstić information content (AvgIpc) is 2.70. The Morgan fingerprint density at radius 2 is 1.93 bits per heavy atom. The Morgan fingerprint density at radius 1 is 1.11 bits per heavy atom. The van der Waals surface area contributed by atoms with E-state index >= 15 is 0 Å². The number of benzene rings is 2. The first-order valence-electron chi connectivity index (χ1n) is 9.88. The third-order valence-electron chi connectivity index (χ3n) is 4.40. The zero-order valence-corrected chi connectivity index (χ0v) is 17.3. The van der Waals surface area contributed by atoms with Gasteiger partial charge in [0.2, 0.25) is 0 Å². The molecule has 0 aliphatic heterocycles. The van der Waals surface area contributed by atoms with Crippen LogP contribution >= 0.6 is 0 Å². The van der Waals surface area contributed by atoms with Gasteiger partial charge in [-0.1, -0.05) is 25.1 Å². The van der Waals surface area contributed by atoms with Crippen LogP contribution in [-0.2, 0) is 11.2 Å². The first-order valence-corrected chi connectivity index (χ1v) is 9.88. The van der Waals surface area contributed by atoms with Crippen LogP contribution in [0, 0.1) is 6.92 Å². The molecule has 28 heavy (non-hydrogen) atoms. The lowest BCUT2D eigenvalue weighted by Crippen LogP contribution is -2.38. The van der Waals surface area contributed by atoms with E-state index in [1.54, 1.807) is 7.11 Å². The summed E-state index contributed by atoms with van der Waals surface area (Å²) < 4.78 is 16.8. The van der Waals surface area contributed by atoms with Gasteiger partial charge in [0.1, 0.15) is 5.75 Å². The number of amides is 1. The number of rotatable bonds is 11. The van der Waals surface area contributed by atoms with Crippen molar-refractivity contribution in [1.29, 1.82) is 0 Å². The van der Waals surface area contributed by atoms with Crippen molar-refractivity contribution in [2.75, 3.05) is 20.3 Å². The highest BCUT2D eigenvalue weighted by molar-refractivity contribution is 5.81. The Hall–Kier alpha value is -2.69. The van der Waals surface area contributed by atoms with Gasteiger partial charge in [0.15, 0.2) is 17.6 Å². The minimum Gasteiger partial charge on any atom is -0.493 e. The Balaban J connectivity index is 1.81. The Labute approximate surface area is 168 Å². The number of carbonyl (C=O) groups excluding carboxylic acids is 1. The van der Waals surface area contributed by atoms with E-state index in [4.69, 9.17) is 14.2 Å². The summed E-state index contributed by atoms with van der Waals surface area (Å²) in [6.45, 7) is 7.10. The molecule has 0 radical (unpaired) electrons. The van der Waals surface area contributed by atoms with Crippen molar-refractivity contribution in [2.24, 2.45) is 0 Å². The molecule has 152 valence electrons. The molecule has 0 heterocycles. The summed E-state index contributed by atoms with van der Waals surface area (Å²) in [4.78, 5) is 12.4. The van der Waals surface area contributed by atoms with E-state index in [9.17, 15) is 4.79 Å². The molecule has 2 aromatic rings. The number of aryl methyl sites for hydroxylation is 2. The third-order valence-corrected chi connectivity index (χ3v) is 4.40. The zero-order valence-electron chi connectivity index (χ0n) is 17.3. The van der Waals surface area contributed by atoms with Crippen LogP contribution in [-0.4, -0.2) is 32.3 Å². The lowest BCUT2D eigenvalue weighted by Gasteiger charge is -2.17. The number of carbonyl (C=O) groups is 1. The summed E-state index contributed by atoms with van der Waals surface area (Å²) in [5, 5.41) is 2.98. The molecule has 0 saturated heterocycles. The molecule has 0 fully saturated rings. The first kappa shape index (κ1) is 21.6. The van der Waals surface area contributed by atoms with Gasteiger partial charge < -0.3 is 19.5 Å². The molecule has 0 spiro atoms. The fraction of sp³-hybridized carbons (Fsp3) is 0.435. The Kier molecular flexibility index (Phi) is 8.66. The highest BCUT2D eigenvalue weighted by Gasteiger charge is 2.17. The quantitative estimate of drug-likeness (QED) is 0.586. The van der Waals surface area contributed by atoms with Crippen LogP contribution in [0.4, 0.5) is 0 Å². The fourth-order valence-electron chi connectivity index (χ4n) is 2.94. The standard InChI is InChI=1S/C23H31NO4/c1-5-20(28-19-11-7-9-17(3)15-19)23(25)24-14-8-10-18-12-13-21(27-6-2)22(16-18)26-4/h7,9,11-13,15-16,20H,5-6,8,10,14H2,1-4H3,(H,24,25)/t20-/m0/s1. The highest BCUT2D eigenvalue weighted by Crippen LogP contribution is 2.28. The number of ether oxygens (including phenoxy) is 3. The molecule has 0 bridgehead atoms. The van der Waals surface area contributed by atoms with E-state index in [1.165, 1.54) is 0 Å². The van der Waals surface area contributed by atoms with Crippen molar-refractivity contribution >= 4 is 5.91 Å². The van der Waals surface area contributed by atoms with Gasteiger partial charge in [-0.3, -0.25) is 4.79 Å². The summed E-state index contributed by atoms with van der Waals surface area (Å²) in [7, 11) is 1.64. The van der Waals surface area contributed by atoms with Gasteiger partial charge in [0, 0.05) is 6.54 Å². The zero-order chi connectivity index (χ0) is 20.4. The molecule has 0 saturated carbocycles. The van der Waals surface area contributed by atoms with Gasteiger partial charge in [0.25, 0.3) is 5.91 Å². The third kappa shape index (κ3) is 6.48. The molecule has 0 aliphatic rings. The molecule has 0 aromatic heterocycles. The number of methoxy groups -OCH3 is 1. The Morgan fingerprint density at radius 3 is 2.61 bits per heavy atom. The topological polar surface area (TPSA) is 56.8 Å². The van der Waals surface area contributed by atoms with Crippen LogP contribution < -0.4 is 19.5 Å². The fourth-order valence-corrected chi connectivity index (χ4v) is 2.94. The predicted molar refractivity (Wildman–Crippen MR) is 111 cm³/mol. The van der Waals surface area contributed by atoms with E-state index < -0.39 is 6.10 Å². The molecule has 5 heteroatoms. The highest BCUT2D eigenvalue weighted by atomic mass is 16.5. The van der Waals surface area contributed by atoms with Gasteiger partial charge in [-0.05, 0) is 68.5 Å². The molecule has 0 unspecified atom stereocenters. The molecule has 1 amide bonds. The number of hydrogen-bond acceptors (Lipinski definition) is 4. The van der Waals surface area contributed by atoms with Crippen molar-refractivity contribution < 1.29 is 19.0 Å². The van der Waals surface area contributed by atoms with Crippen molar-refractivity contribution in [1.82, 2.24) is 5.32 Å². The molecule has 2 aromatic carbocycles. The van der Waals surface area contributed by atoms with Gasteiger partial charge in [-0.25, -0.2) is 0 Å². The van der Waals surface area contributed by atoms with Gasteiger partial charge in [0.05, 0.1) is 13.7 Å². The van der Waals surface area contributed by atoms with Crippen LogP contribution in [0.15, 0.2) is 42.5 Å². The second-order valence-electron chi connectivity index (χ2n) is 6.64. The summed E-state index contributed by atoms with van der Waals surface area (Å²) in [5.41, 5.74) is 2.26. The lowest BCUT2D eigenvalue weighted by atomic mass is 10.1. The molecule has 1 atom stereocenters. The monoisotopic (exact) mass is 385 g/mol. The maximum atomic E-state index is 12.4. The number of hydrogen-bond donors (Lipinski definition) is 1. The second-order valence-corrected chi connectivity index (χ2v) is 6.64. The number of nitrogens with one attached hydrogen (secondary N) is 1. The van der Waals surface area contributed by atoms with Gasteiger partial charge in [-0.2, -0.15) is 0 Å². The summed E-state index contributed by atoms with van der Waals surface area (Å²) in [5.74, 6) is 2.14. The second kappa shape index (κ2) is 11.2. The van der Waals surface area contributed by atoms with E-state index in [-0.39, 0.29) is 5.91 Å². The largest absolute Gasteiger partial charge is 0.493 e. The van der Waals surface area contributed by atoms with Crippen molar-refractivity contribution in [3.8, 4) is 17.2 Å². The smallest absolute Gasteiger partial charge is 0.261 e. The molecule has 1 N–H and O–H groups in total. The maximum Gasteiger partial charge on any atom is 0.261 e. The normalized spacial score (nSPS) is 11.6. The average molecular weight is 386 g/mol. The van der Waals surface area contributed by atoms with Crippen LogP contribution in [0.25, 0.3) is 0 Å². The van der Waals surface area contributed by atoms with Crippen LogP contribution in [0.2, 0.25) is 0 Å². The minimum atomic E-state index is -0.479. The first-order chi connectivity index (χ1) is 13.6. The van der Waals surface area contributed by atoms with E-state index in [0.717, 1.165) is 41.2 Å². The van der Waals surface area contributed by atoms with E-state index in [1.807, 2.05) is 63.2 Å². The molecular weight excluding hydrogens is 354 g/mol.